The van der Waals surface area contributed by atoms with Gasteiger partial charge in [-0.2, -0.15) is 0 Å². The summed E-state index contributed by atoms with van der Waals surface area (Å²) in [5, 5.41) is 1.89. The smallest absolute Gasteiger partial charge is 0.283 e. The third-order valence-electron chi connectivity index (χ3n) is 3.04. The van der Waals surface area contributed by atoms with E-state index >= 15 is 0 Å². The van der Waals surface area contributed by atoms with E-state index in [9.17, 15) is 9.59 Å². The van der Waals surface area contributed by atoms with Crippen molar-refractivity contribution in [2.24, 2.45) is 0 Å². The average Bonchev–Trinajstić information content (AvgIpc) is 3.05. The molecule has 2 amide bonds. The minimum atomic E-state index is -0.795. The molecule has 0 radical (unpaired) electrons. The van der Waals surface area contributed by atoms with Crippen LogP contribution in [0.4, 0.5) is 0 Å². The summed E-state index contributed by atoms with van der Waals surface area (Å²) in [6, 6.07) is 10.9. The molecule has 0 saturated heterocycles. The van der Waals surface area contributed by atoms with Gasteiger partial charge in [0.25, 0.3) is 5.91 Å². The van der Waals surface area contributed by atoms with Crippen molar-refractivity contribution < 1.29 is 19.1 Å². The summed E-state index contributed by atoms with van der Waals surface area (Å²) >= 11 is 1.49. The summed E-state index contributed by atoms with van der Waals surface area (Å²) in [5.41, 5.74) is 4.73. The van der Waals surface area contributed by atoms with E-state index < -0.39 is 12.0 Å². The van der Waals surface area contributed by atoms with Gasteiger partial charge in [-0.15, -0.1) is 11.3 Å². The van der Waals surface area contributed by atoms with Gasteiger partial charge in [-0.1, -0.05) is 18.2 Å². The van der Waals surface area contributed by atoms with Crippen molar-refractivity contribution in [2.75, 3.05) is 6.61 Å². The molecule has 7 heteroatoms. The zero-order valence-corrected chi connectivity index (χ0v) is 12.4. The Balaban J connectivity index is 1.49. The Labute approximate surface area is 131 Å². The highest BCUT2D eigenvalue weighted by Gasteiger charge is 2.27. The van der Waals surface area contributed by atoms with Gasteiger partial charge in [0.05, 0.1) is 6.42 Å². The van der Waals surface area contributed by atoms with Gasteiger partial charge >= 0.3 is 0 Å². The Morgan fingerprint density at radius 3 is 2.73 bits per heavy atom. The van der Waals surface area contributed by atoms with E-state index in [0.29, 0.717) is 11.5 Å². The third-order valence-corrected chi connectivity index (χ3v) is 3.92. The van der Waals surface area contributed by atoms with Crippen molar-refractivity contribution in [3.63, 3.8) is 0 Å². The first-order chi connectivity index (χ1) is 10.7. The lowest BCUT2D eigenvalue weighted by molar-refractivity contribution is -0.134. The van der Waals surface area contributed by atoms with E-state index in [1.165, 1.54) is 11.3 Å². The maximum absolute atomic E-state index is 12.0. The van der Waals surface area contributed by atoms with Gasteiger partial charge in [-0.3, -0.25) is 20.4 Å². The molecule has 1 unspecified atom stereocenters. The highest BCUT2D eigenvalue weighted by atomic mass is 32.1. The van der Waals surface area contributed by atoms with Crippen LogP contribution in [-0.4, -0.2) is 24.5 Å². The molecule has 0 spiro atoms. The molecule has 114 valence electrons. The fourth-order valence-electron chi connectivity index (χ4n) is 1.98. The summed E-state index contributed by atoms with van der Waals surface area (Å²) in [6.45, 7) is 0.101. The van der Waals surface area contributed by atoms with Crippen LogP contribution in [0.5, 0.6) is 11.5 Å². The second-order valence-electron chi connectivity index (χ2n) is 4.66. The van der Waals surface area contributed by atoms with Crippen LogP contribution in [-0.2, 0) is 16.0 Å². The van der Waals surface area contributed by atoms with Gasteiger partial charge in [0.2, 0.25) is 12.0 Å². The molecule has 1 atom stereocenters. The molecule has 0 saturated carbocycles. The van der Waals surface area contributed by atoms with Gasteiger partial charge in [-0.25, -0.2) is 0 Å². The van der Waals surface area contributed by atoms with Crippen molar-refractivity contribution >= 4 is 23.2 Å². The first-order valence-electron chi connectivity index (χ1n) is 6.72. The Bertz CT molecular complexity index is 672. The Kier molecular flexibility index (Phi) is 4.24. The molecule has 0 bridgehead atoms. The largest absolute Gasteiger partial charge is 0.485 e. The molecular weight excluding hydrogens is 304 g/mol. The number of fused-ring (bicyclic) bond motifs is 1. The van der Waals surface area contributed by atoms with Gasteiger partial charge in [0.15, 0.2) is 11.5 Å². The van der Waals surface area contributed by atoms with E-state index in [1.54, 1.807) is 18.2 Å². The molecule has 1 aromatic carbocycles. The summed E-state index contributed by atoms with van der Waals surface area (Å²) in [6.07, 6.45) is -0.569. The summed E-state index contributed by atoms with van der Waals surface area (Å²) in [7, 11) is 0. The first-order valence-corrected chi connectivity index (χ1v) is 7.60. The zero-order chi connectivity index (χ0) is 15.4. The normalized spacial score (nSPS) is 15.9. The Hall–Kier alpha value is -2.54. The standard InChI is InChI=1S/C15H14N2O4S/c18-14(8-10-4-3-7-22-10)16-17-15(19)13-9-20-11-5-1-2-6-12(11)21-13/h1-7,13H,8-9H2,(H,16,18)(H,17,19). The van der Waals surface area contributed by atoms with Crippen LogP contribution in [0.1, 0.15) is 4.88 Å². The minimum absolute atomic E-state index is 0.101. The molecule has 0 fully saturated rings. The third kappa shape index (κ3) is 3.37. The fourth-order valence-corrected chi connectivity index (χ4v) is 2.68. The number of carbonyl (C=O) groups is 2. The fraction of sp³-hybridized carbons (Fsp3) is 0.200. The number of thiophene rings is 1. The zero-order valence-electron chi connectivity index (χ0n) is 11.6. The van der Waals surface area contributed by atoms with Crippen LogP contribution >= 0.6 is 11.3 Å². The maximum atomic E-state index is 12.0. The molecule has 1 aliphatic heterocycles. The molecule has 0 aliphatic carbocycles. The molecule has 2 heterocycles. The van der Waals surface area contributed by atoms with Crippen molar-refractivity contribution in [3.05, 3.63) is 46.7 Å². The monoisotopic (exact) mass is 318 g/mol. The van der Waals surface area contributed by atoms with E-state index in [2.05, 4.69) is 10.9 Å². The van der Waals surface area contributed by atoms with E-state index in [0.717, 1.165) is 4.88 Å². The molecular formula is C15H14N2O4S. The van der Waals surface area contributed by atoms with E-state index in [4.69, 9.17) is 9.47 Å². The van der Waals surface area contributed by atoms with Crippen molar-refractivity contribution in [1.82, 2.24) is 10.9 Å². The quantitative estimate of drug-likeness (QED) is 0.836. The highest BCUT2D eigenvalue weighted by Crippen LogP contribution is 2.30. The lowest BCUT2D eigenvalue weighted by Crippen LogP contribution is -2.51. The number of amides is 2. The lowest BCUT2D eigenvalue weighted by atomic mass is 10.2. The van der Waals surface area contributed by atoms with Gasteiger partial charge < -0.3 is 9.47 Å². The van der Waals surface area contributed by atoms with Crippen LogP contribution in [0.2, 0.25) is 0 Å². The van der Waals surface area contributed by atoms with Crippen molar-refractivity contribution in [1.29, 1.82) is 0 Å². The van der Waals surface area contributed by atoms with E-state index in [1.807, 2.05) is 23.6 Å². The number of benzene rings is 1. The number of carbonyl (C=O) groups excluding carboxylic acids is 2. The molecule has 2 N–H and O–H groups in total. The van der Waals surface area contributed by atoms with Crippen molar-refractivity contribution in [2.45, 2.75) is 12.5 Å². The van der Waals surface area contributed by atoms with Gasteiger partial charge in [-0.05, 0) is 23.6 Å². The van der Waals surface area contributed by atoms with Crippen molar-refractivity contribution in [3.8, 4) is 11.5 Å². The minimum Gasteiger partial charge on any atom is -0.485 e. The number of nitrogens with one attached hydrogen (secondary N) is 2. The molecule has 1 aliphatic rings. The molecule has 22 heavy (non-hydrogen) atoms. The van der Waals surface area contributed by atoms with E-state index in [-0.39, 0.29) is 18.9 Å². The second kappa shape index (κ2) is 6.48. The number of para-hydroxylation sites is 2. The predicted octanol–water partition coefficient (Wildman–Crippen LogP) is 1.28. The molecule has 2 aromatic rings. The summed E-state index contributed by atoms with van der Waals surface area (Å²) < 4.78 is 11.0. The average molecular weight is 318 g/mol. The molecule has 1 aromatic heterocycles. The summed E-state index contributed by atoms with van der Waals surface area (Å²) in [4.78, 5) is 24.6. The van der Waals surface area contributed by atoms with Crippen LogP contribution in [0, 0.1) is 0 Å². The Morgan fingerprint density at radius 1 is 1.14 bits per heavy atom. The molecule has 6 nitrogen and oxygen atoms in total. The van der Waals surface area contributed by atoms with Crippen LogP contribution in [0.25, 0.3) is 0 Å². The number of hydrazine groups is 1. The lowest BCUT2D eigenvalue weighted by Gasteiger charge is -2.25. The number of rotatable bonds is 3. The van der Waals surface area contributed by atoms with Crippen LogP contribution in [0.3, 0.4) is 0 Å². The molecule has 3 rings (SSSR count). The van der Waals surface area contributed by atoms with Gasteiger partial charge in [0.1, 0.15) is 6.61 Å². The Morgan fingerprint density at radius 2 is 1.95 bits per heavy atom. The second-order valence-corrected chi connectivity index (χ2v) is 5.69. The van der Waals surface area contributed by atoms with Gasteiger partial charge in [0, 0.05) is 4.88 Å². The highest BCUT2D eigenvalue weighted by molar-refractivity contribution is 7.10. The maximum Gasteiger partial charge on any atom is 0.283 e. The topological polar surface area (TPSA) is 76.7 Å². The van der Waals surface area contributed by atoms with Crippen LogP contribution < -0.4 is 20.3 Å². The predicted molar refractivity (Wildman–Crippen MR) is 80.7 cm³/mol. The number of ether oxygens (including phenoxy) is 2. The first kappa shape index (κ1) is 14.4. The number of hydrogen-bond donors (Lipinski definition) is 2. The number of hydrogen-bond acceptors (Lipinski definition) is 5. The van der Waals surface area contributed by atoms with Crippen LogP contribution in [0.15, 0.2) is 41.8 Å². The SMILES string of the molecule is O=C(Cc1cccs1)NNC(=O)C1COc2ccccc2O1. The summed E-state index contributed by atoms with van der Waals surface area (Å²) in [5.74, 6) is 0.383.